The number of alkyl halides is 1. The zero-order chi connectivity index (χ0) is 7.40. The van der Waals surface area contributed by atoms with Crippen molar-refractivity contribution in [3.63, 3.8) is 0 Å². The van der Waals surface area contributed by atoms with Gasteiger partial charge < -0.3 is 0 Å². The van der Waals surface area contributed by atoms with E-state index in [9.17, 15) is 0 Å². The molecule has 0 saturated carbocycles. The zero-order valence-corrected chi connectivity index (χ0v) is 8.34. The third kappa shape index (κ3) is 2.46. The van der Waals surface area contributed by atoms with Gasteiger partial charge in [-0.05, 0) is 29.0 Å². The SMILES string of the molecule is ClCCCn1cc(I)cn1. The highest BCUT2D eigenvalue weighted by Crippen LogP contribution is 2.01. The first-order valence-electron chi connectivity index (χ1n) is 3.07. The van der Waals surface area contributed by atoms with Crippen molar-refractivity contribution in [2.45, 2.75) is 13.0 Å². The molecule has 0 N–H and O–H groups in total. The minimum atomic E-state index is 0.705. The van der Waals surface area contributed by atoms with Gasteiger partial charge in [0.25, 0.3) is 0 Å². The first kappa shape index (κ1) is 8.33. The van der Waals surface area contributed by atoms with Crippen LogP contribution in [0.2, 0.25) is 0 Å². The van der Waals surface area contributed by atoms with Crippen molar-refractivity contribution in [2.24, 2.45) is 0 Å². The molecule has 0 aromatic carbocycles. The van der Waals surface area contributed by atoms with Crippen molar-refractivity contribution < 1.29 is 0 Å². The Bertz CT molecular complexity index is 199. The highest BCUT2D eigenvalue weighted by atomic mass is 127. The van der Waals surface area contributed by atoms with Gasteiger partial charge >= 0.3 is 0 Å². The standard InChI is InChI=1S/C6H8ClIN2/c7-2-1-3-10-5-6(8)4-9-10/h4-5H,1-3H2. The molecule has 0 radical (unpaired) electrons. The van der Waals surface area contributed by atoms with Crippen LogP contribution in [0, 0.1) is 3.57 Å². The van der Waals surface area contributed by atoms with Crippen molar-refractivity contribution in [3.8, 4) is 0 Å². The van der Waals surface area contributed by atoms with Crippen LogP contribution in [0.4, 0.5) is 0 Å². The highest BCUT2D eigenvalue weighted by Gasteiger charge is 1.92. The number of rotatable bonds is 3. The van der Waals surface area contributed by atoms with Crippen molar-refractivity contribution >= 4 is 34.2 Å². The third-order valence-electron chi connectivity index (χ3n) is 1.12. The smallest absolute Gasteiger partial charge is 0.0623 e. The van der Waals surface area contributed by atoms with E-state index in [1.807, 2.05) is 17.1 Å². The molecule has 0 aliphatic heterocycles. The summed E-state index contributed by atoms with van der Waals surface area (Å²) in [6.07, 6.45) is 4.83. The van der Waals surface area contributed by atoms with Gasteiger partial charge in [0.05, 0.1) is 9.77 Å². The minimum absolute atomic E-state index is 0.705. The molecule has 1 heterocycles. The Labute approximate surface area is 78.7 Å². The molecule has 10 heavy (non-hydrogen) atoms. The molecule has 0 saturated heterocycles. The van der Waals surface area contributed by atoms with Gasteiger partial charge in [-0.1, -0.05) is 0 Å². The van der Waals surface area contributed by atoms with Gasteiger partial charge in [-0.3, -0.25) is 4.68 Å². The number of nitrogens with zero attached hydrogens (tertiary/aromatic N) is 2. The van der Waals surface area contributed by atoms with Gasteiger partial charge in [-0.2, -0.15) is 5.10 Å². The zero-order valence-electron chi connectivity index (χ0n) is 5.43. The van der Waals surface area contributed by atoms with E-state index < -0.39 is 0 Å². The topological polar surface area (TPSA) is 17.8 Å². The van der Waals surface area contributed by atoms with Gasteiger partial charge in [0.1, 0.15) is 0 Å². The van der Waals surface area contributed by atoms with Gasteiger partial charge in [-0.25, -0.2) is 0 Å². The summed E-state index contributed by atoms with van der Waals surface area (Å²) in [6, 6.07) is 0. The number of aromatic nitrogens is 2. The van der Waals surface area contributed by atoms with Crippen LogP contribution in [0.1, 0.15) is 6.42 Å². The summed E-state index contributed by atoms with van der Waals surface area (Å²) >= 11 is 7.75. The van der Waals surface area contributed by atoms with E-state index in [-0.39, 0.29) is 0 Å². The normalized spacial score (nSPS) is 10.2. The molecule has 4 heteroatoms. The van der Waals surface area contributed by atoms with Gasteiger partial charge in [0, 0.05) is 18.6 Å². The van der Waals surface area contributed by atoms with E-state index in [0.717, 1.165) is 13.0 Å². The average molecular weight is 271 g/mol. The Balaban J connectivity index is 2.42. The van der Waals surface area contributed by atoms with E-state index in [2.05, 4.69) is 27.7 Å². The van der Waals surface area contributed by atoms with Crippen molar-refractivity contribution in [2.75, 3.05) is 5.88 Å². The summed E-state index contributed by atoms with van der Waals surface area (Å²) in [5.74, 6) is 0.705. The molecule has 0 bridgehead atoms. The summed E-state index contributed by atoms with van der Waals surface area (Å²) in [5, 5.41) is 4.10. The maximum absolute atomic E-state index is 5.52. The van der Waals surface area contributed by atoms with Crippen molar-refractivity contribution in [1.82, 2.24) is 9.78 Å². The Morgan fingerprint density at radius 1 is 1.70 bits per heavy atom. The monoisotopic (exact) mass is 270 g/mol. The molecule has 0 atom stereocenters. The summed E-state index contributed by atoms with van der Waals surface area (Å²) in [7, 11) is 0. The molecular weight excluding hydrogens is 262 g/mol. The first-order valence-corrected chi connectivity index (χ1v) is 4.68. The molecule has 1 aromatic rings. The number of hydrogen-bond donors (Lipinski definition) is 0. The molecule has 0 fully saturated rings. The maximum Gasteiger partial charge on any atom is 0.0623 e. The van der Waals surface area contributed by atoms with Crippen LogP contribution in [-0.4, -0.2) is 15.7 Å². The van der Waals surface area contributed by atoms with Crippen molar-refractivity contribution in [3.05, 3.63) is 16.0 Å². The van der Waals surface area contributed by atoms with Crippen molar-refractivity contribution in [1.29, 1.82) is 0 Å². The van der Waals surface area contributed by atoms with Crippen LogP contribution in [0.3, 0.4) is 0 Å². The van der Waals surface area contributed by atoms with Crippen LogP contribution in [-0.2, 0) is 6.54 Å². The second kappa shape index (κ2) is 4.18. The predicted octanol–water partition coefficient (Wildman–Crippen LogP) is 2.12. The minimum Gasteiger partial charge on any atom is -0.272 e. The Kier molecular flexibility index (Phi) is 3.48. The third-order valence-corrected chi connectivity index (χ3v) is 1.95. The average Bonchev–Trinajstić information content (AvgIpc) is 2.31. The molecule has 0 aliphatic carbocycles. The lowest BCUT2D eigenvalue weighted by Crippen LogP contribution is -1.97. The molecular formula is C6H8ClIN2. The molecule has 0 aliphatic rings. The predicted molar refractivity (Wildman–Crippen MR) is 50.3 cm³/mol. The first-order chi connectivity index (χ1) is 4.83. The number of hydrogen-bond acceptors (Lipinski definition) is 1. The lowest BCUT2D eigenvalue weighted by Gasteiger charge is -1.95. The second-order valence-electron chi connectivity index (χ2n) is 1.96. The van der Waals surface area contributed by atoms with Crippen LogP contribution in [0.25, 0.3) is 0 Å². The molecule has 0 spiro atoms. The summed E-state index contributed by atoms with van der Waals surface area (Å²) in [6.45, 7) is 0.923. The van der Waals surface area contributed by atoms with E-state index in [1.165, 1.54) is 3.57 Å². The summed E-state index contributed by atoms with van der Waals surface area (Å²) in [4.78, 5) is 0. The lowest BCUT2D eigenvalue weighted by molar-refractivity contribution is 0.605. The molecule has 0 unspecified atom stereocenters. The molecule has 2 nitrogen and oxygen atoms in total. The number of halogens is 2. The summed E-state index contributed by atoms with van der Waals surface area (Å²) < 4.78 is 3.08. The van der Waals surface area contributed by atoms with E-state index in [0.29, 0.717) is 5.88 Å². The molecule has 0 amide bonds. The van der Waals surface area contributed by atoms with Crippen LogP contribution >= 0.6 is 34.2 Å². The van der Waals surface area contributed by atoms with Gasteiger partial charge in [0.2, 0.25) is 0 Å². The molecule has 56 valence electrons. The fourth-order valence-electron chi connectivity index (χ4n) is 0.682. The van der Waals surface area contributed by atoms with Gasteiger partial charge in [-0.15, -0.1) is 11.6 Å². The quantitative estimate of drug-likeness (QED) is 0.608. The summed E-state index contributed by atoms with van der Waals surface area (Å²) in [5.41, 5.74) is 0. The van der Waals surface area contributed by atoms with Crippen LogP contribution in [0.15, 0.2) is 12.4 Å². The largest absolute Gasteiger partial charge is 0.272 e. The Hall–Kier alpha value is 0.230. The maximum atomic E-state index is 5.52. The van der Waals surface area contributed by atoms with E-state index in [1.54, 1.807) is 0 Å². The van der Waals surface area contributed by atoms with Crippen LogP contribution in [0.5, 0.6) is 0 Å². The number of aryl methyl sites for hydroxylation is 1. The van der Waals surface area contributed by atoms with E-state index >= 15 is 0 Å². The Morgan fingerprint density at radius 3 is 3.00 bits per heavy atom. The molecule has 1 rings (SSSR count). The fourth-order valence-corrected chi connectivity index (χ4v) is 1.25. The van der Waals surface area contributed by atoms with Crippen LogP contribution < -0.4 is 0 Å². The lowest BCUT2D eigenvalue weighted by atomic mass is 10.5. The van der Waals surface area contributed by atoms with Gasteiger partial charge in [0.15, 0.2) is 0 Å². The van der Waals surface area contributed by atoms with E-state index in [4.69, 9.17) is 11.6 Å². The Morgan fingerprint density at radius 2 is 2.50 bits per heavy atom. The fraction of sp³-hybridized carbons (Fsp3) is 0.500. The highest BCUT2D eigenvalue weighted by molar-refractivity contribution is 14.1. The molecule has 1 aromatic heterocycles. The second-order valence-corrected chi connectivity index (χ2v) is 3.59.